The molecule has 0 aromatic heterocycles. The first-order chi connectivity index (χ1) is 8.65. The van der Waals surface area contributed by atoms with E-state index >= 15 is 0 Å². The number of carbonyl (C=O) groups is 1. The number of hydrogen-bond acceptors (Lipinski definition) is 4. The van der Waals surface area contributed by atoms with Crippen LogP contribution in [0.25, 0.3) is 0 Å². The predicted octanol–water partition coefficient (Wildman–Crippen LogP) is 0.541. The van der Waals surface area contributed by atoms with Gasteiger partial charge in [0.25, 0.3) is 0 Å². The molecule has 0 bridgehead atoms. The number of nitrogens with two attached hydrogens (primary N) is 1. The molecule has 0 aliphatic carbocycles. The molecule has 1 amide bonds. The minimum absolute atomic E-state index is 0.0598. The zero-order valence-electron chi connectivity index (χ0n) is 10.4. The van der Waals surface area contributed by atoms with Gasteiger partial charge in [0, 0.05) is 18.7 Å². The minimum atomic E-state index is -0.435. The molecule has 98 valence electrons. The molecule has 1 aromatic carbocycles. The summed E-state index contributed by atoms with van der Waals surface area (Å²) >= 11 is 0. The van der Waals surface area contributed by atoms with Gasteiger partial charge in [0.15, 0.2) is 0 Å². The van der Waals surface area contributed by atoms with Crippen LogP contribution in [0.3, 0.4) is 0 Å². The van der Waals surface area contributed by atoms with Crippen molar-refractivity contribution in [3.8, 4) is 5.75 Å². The van der Waals surface area contributed by atoms with Gasteiger partial charge in [0.2, 0.25) is 5.91 Å². The molecule has 18 heavy (non-hydrogen) atoms. The van der Waals surface area contributed by atoms with Crippen LogP contribution < -0.4 is 15.8 Å². The van der Waals surface area contributed by atoms with Crippen molar-refractivity contribution in [2.45, 2.75) is 19.1 Å². The van der Waals surface area contributed by atoms with E-state index in [-0.39, 0.29) is 12.2 Å². The molecule has 3 N–H and O–H groups in total. The Hall–Kier alpha value is -1.59. The van der Waals surface area contributed by atoms with Gasteiger partial charge in [-0.15, -0.1) is 0 Å². The van der Waals surface area contributed by atoms with Gasteiger partial charge in [-0.2, -0.15) is 0 Å². The summed E-state index contributed by atoms with van der Waals surface area (Å²) in [5.74, 6) is 0.275. The number of carbonyl (C=O) groups excluding carboxylic acids is 1. The van der Waals surface area contributed by atoms with Crippen molar-refractivity contribution in [2.24, 2.45) is 5.73 Å². The average Bonchev–Trinajstić information content (AvgIpc) is 2.37. The highest BCUT2D eigenvalue weighted by Crippen LogP contribution is 2.13. The number of rotatable bonds is 4. The number of primary amides is 1. The van der Waals surface area contributed by atoms with Gasteiger partial charge in [-0.25, -0.2) is 0 Å². The summed E-state index contributed by atoms with van der Waals surface area (Å²) in [6.45, 7) is 4.20. The average molecular weight is 250 g/mol. The summed E-state index contributed by atoms with van der Waals surface area (Å²) in [5, 5.41) is 3.28. The van der Waals surface area contributed by atoms with Gasteiger partial charge in [-0.05, 0) is 31.2 Å². The first-order valence-corrected chi connectivity index (χ1v) is 6.04. The summed E-state index contributed by atoms with van der Waals surface area (Å²) in [5.41, 5.74) is 5.64. The fourth-order valence-corrected chi connectivity index (χ4v) is 1.88. The van der Waals surface area contributed by atoms with Crippen LogP contribution in [0.4, 0.5) is 0 Å². The largest absolute Gasteiger partial charge is 0.491 e. The van der Waals surface area contributed by atoms with Crippen molar-refractivity contribution < 1.29 is 14.3 Å². The quantitative estimate of drug-likeness (QED) is 0.818. The Morgan fingerprint density at radius 2 is 2.17 bits per heavy atom. The van der Waals surface area contributed by atoms with Crippen LogP contribution in [0.2, 0.25) is 0 Å². The number of ether oxygens (including phenoxy) is 2. The molecule has 1 fully saturated rings. The van der Waals surface area contributed by atoms with Gasteiger partial charge >= 0.3 is 0 Å². The van der Waals surface area contributed by atoms with Crippen molar-refractivity contribution >= 4 is 5.91 Å². The second-order valence-corrected chi connectivity index (χ2v) is 4.43. The molecule has 0 saturated carbocycles. The summed E-state index contributed by atoms with van der Waals surface area (Å²) in [7, 11) is 0. The molecule has 2 rings (SSSR count). The third-order valence-electron chi connectivity index (χ3n) is 2.80. The van der Waals surface area contributed by atoms with E-state index < -0.39 is 5.91 Å². The maximum absolute atomic E-state index is 10.9. The van der Waals surface area contributed by atoms with E-state index in [4.69, 9.17) is 15.2 Å². The molecular weight excluding hydrogens is 232 g/mol. The van der Waals surface area contributed by atoms with Crippen LogP contribution in [0, 0.1) is 0 Å². The second-order valence-electron chi connectivity index (χ2n) is 4.43. The van der Waals surface area contributed by atoms with Gasteiger partial charge in [-0.1, -0.05) is 0 Å². The van der Waals surface area contributed by atoms with E-state index in [9.17, 15) is 4.79 Å². The zero-order chi connectivity index (χ0) is 13.0. The van der Waals surface area contributed by atoms with Gasteiger partial charge in [0.05, 0.1) is 6.10 Å². The molecule has 5 nitrogen and oxygen atoms in total. The third-order valence-corrected chi connectivity index (χ3v) is 2.80. The Kier molecular flexibility index (Phi) is 4.17. The molecule has 2 atom stereocenters. The van der Waals surface area contributed by atoms with Crippen LogP contribution in [0.15, 0.2) is 24.3 Å². The summed E-state index contributed by atoms with van der Waals surface area (Å²) in [6.07, 6.45) is 0.272. The molecule has 1 aliphatic heterocycles. The molecule has 2 unspecified atom stereocenters. The third kappa shape index (κ3) is 3.45. The maximum Gasteiger partial charge on any atom is 0.248 e. The first kappa shape index (κ1) is 12.9. The molecule has 1 saturated heterocycles. The molecule has 1 heterocycles. The highest BCUT2D eigenvalue weighted by molar-refractivity contribution is 5.92. The van der Waals surface area contributed by atoms with E-state index in [1.165, 1.54) is 0 Å². The molecule has 5 heteroatoms. The lowest BCUT2D eigenvalue weighted by Crippen LogP contribution is -2.45. The lowest BCUT2D eigenvalue weighted by molar-refractivity contribution is -0.0470. The standard InChI is InChI=1S/C13H18N2O3/c1-9-6-15-7-12(18-9)8-17-11-4-2-10(3-5-11)13(14)16/h2-5,9,12,15H,6-8H2,1H3,(H2,14,16). The van der Waals surface area contributed by atoms with Crippen molar-refractivity contribution in [1.29, 1.82) is 0 Å². The van der Waals surface area contributed by atoms with Crippen molar-refractivity contribution in [2.75, 3.05) is 19.7 Å². The molecule has 1 aliphatic rings. The normalized spacial score (nSPS) is 23.6. The number of amides is 1. The fraction of sp³-hybridized carbons (Fsp3) is 0.462. The second kappa shape index (κ2) is 5.84. The number of nitrogens with one attached hydrogen (secondary N) is 1. The van der Waals surface area contributed by atoms with Crippen LogP contribution in [0.1, 0.15) is 17.3 Å². The SMILES string of the molecule is CC1CNCC(COc2ccc(C(N)=O)cc2)O1. The Bertz CT molecular complexity index is 405. The Morgan fingerprint density at radius 3 is 2.78 bits per heavy atom. The summed E-state index contributed by atoms with van der Waals surface area (Å²) in [4.78, 5) is 10.9. The molecule has 1 aromatic rings. The fourth-order valence-electron chi connectivity index (χ4n) is 1.88. The van der Waals surface area contributed by atoms with E-state index in [0.29, 0.717) is 17.9 Å². The lowest BCUT2D eigenvalue weighted by Gasteiger charge is -2.28. The van der Waals surface area contributed by atoms with E-state index in [1.807, 2.05) is 6.92 Å². The zero-order valence-corrected chi connectivity index (χ0v) is 10.4. The smallest absolute Gasteiger partial charge is 0.248 e. The van der Waals surface area contributed by atoms with Crippen LogP contribution in [-0.2, 0) is 4.74 Å². The number of benzene rings is 1. The van der Waals surface area contributed by atoms with Gasteiger partial charge < -0.3 is 20.5 Å². The van der Waals surface area contributed by atoms with Crippen molar-refractivity contribution in [3.05, 3.63) is 29.8 Å². The predicted molar refractivity (Wildman–Crippen MR) is 67.7 cm³/mol. The van der Waals surface area contributed by atoms with Crippen LogP contribution in [0.5, 0.6) is 5.75 Å². The Balaban J connectivity index is 1.84. The molecule has 0 radical (unpaired) electrons. The lowest BCUT2D eigenvalue weighted by atomic mass is 10.2. The summed E-state index contributed by atoms with van der Waals surface area (Å²) in [6, 6.07) is 6.78. The Morgan fingerprint density at radius 1 is 1.44 bits per heavy atom. The van der Waals surface area contributed by atoms with E-state index in [0.717, 1.165) is 13.1 Å². The maximum atomic E-state index is 10.9. The summed E-state index contributed by atoms with van der Waals surface area (Å²) < 4.78 is 11.3. The van der Waals surface area contributed by atoms with Gasteiger partial charge in [0.1, 0.15) is 18.5 Å². The van der Waals surface area contributed by atoms with Crippen molar-refractivity contribution in [3.63, 3.8) is 0 Å². The highest BCUT2D eigenvalue weighted by atomic mass is 16.5. The highest BCUT2D eigenvalue weighted by Gasteiger charge is 2.19. The first-order valence-electron chi connectivity index (χ1n) is 6.04. The number of hydrogen-bond donors (Lipinski definition) is 2. The number of morpholine rings is 1. The Labute approximate surface area is 106 Å². The molecular formula is C13H18N2O3. The monoisotopic (exact) mass is 250 g/mol. The topological polar surface area (TPSA) is 73.6 Å². The van der Waals surface area contributed by atoms with Gasteiger partial charge in [-0.3, -0.25) is 4.79 Å². The van der Waals surface area contributed by atoms with Crippen LogP contribution in [-0.4, -0.2) is 37.8 Å². The van der Waals surface area contributed by atoms with Crippen molar-refractivity contribution in [1.82, 2.24) is 5.32 Å². The van der Waals surface area contributed by atoms with E-state index in [2.05, 4.69) is 5.32 Å². The van der Waals surface area contributed by atoms with E-state index in [1.54, 1.807) is 24.3 Å². The van der Waals surface area contributed by atoms with Crippen LogP contribution >= 0.6 is 0 Å². The molecule has 0 spiro atoms. The minimum Gasteiger partial charge on any atom is -0.491 e.